The van der Waals surface area contributed by atoms with Crippen LogP contribution in [0.3, 0.4) is 0 Å². The van der Waals surface area contributed by atoms with E-state index in [-0.39, 0.29) is 5.91 Å². The first kappa shape index (κ1) is 20.4. The number of hydrogen-bond acceptors (Lipinski definition) is 4. The summed E-state index contributed by atoms with van der Waals surface area (Å²) in [6.07, 6.45) is 0. The van der Waals surface area contributed by atoms with Gasteiger partial charge in [-0.1, -0.05) is 29.3 Å². The minimum atomic E-state index is -0.162. The Balaban J connectivity index is 1.38. The molecule has 1 amide bonds. The van der Waals surface area contributed by atoms with Crippen LogP contribution in [0, 0.1) is 6.92 Å². The number of methoxy groups -OCH3 is 1. The molecule has 0 aliphatic carbocycles. The number of anilines is 2. The first-order valence-corrected chi connectivity index (χ1v) is 10.9. The highest BCUT2D eigenvalue weighted by Gasteiger charge is 2.21. The normalized spacial score (nSPS) is 13.2. The second kappa shape index (κ2) is 8.20. The number of aryl methyl sites for hydroxylation is 1. The summed E-state index contributed by atoms with van der Waals surface area (Å²) in [4.78, 5) is 19.7. The minimum Gasteiger partial charge on any atom is -0.494 e. The summed E-state index contributed by atoms with van der Waals surface area (Å²) < 4.78 is 7.84. The monoisotopic (exact) mass is 446 g/mol. The summed E-state index contributed by atoms with van der Waals surface area (Å²) in [6.45, 7) is 4.33. The molecule has 1 aromatic heterocycles. The van der Waals surface area contributed by atoms with Crippen LogP contribution in [0.5, 0.6) is 5.75 Å². The van der Waals surface area contributed by atoms with Crippen molar-refractivity contribution in [2.75, 3.05) is 23.9 Å². The lowest BCUT2D eigenvalue weighted by Crippen LogP contribution is -2.33. The van der Waals surface area contributed by atoms with Crippen molar-refractivity contribution in [2.45, 2.75) is 20.0 Å². The molecule has 1 aliphatic heterocycles. The standard InChI is InChI=1S/C25H23ClN4O2/c1-16-4-3-5-17(12-16)25(31)28-20-8-7-19(14-23(20)32-2)29-10-11-30-22-9-6-18(26)13-21(22)27-24(30)15-29/h3-9,12-14H,10-11,15H2,1-2H3,(H,28,31). The predicted octanol–water partition coefficient (Wildman–Crippen LogP) is 5.28. The number of rotatable bonds is 4. The van der Waals surface area contributed by atoms with Crippen molar-refractivity contribution in [3.63, 3.8) is 0 Å². The van der Waals surface area contributed by atoms with Gasteiger partial charge in [0.05, 0.1) is 30.4 Å². The van der Waals surface area contributed by atoms with E-state index in [2.05, 4.69) is 14.8 Å². The van der Waals surface area contributed by atoms with Gasteiger partial charge >= 0.3 is 0 Å². The number of nitrogens with one attached hydrogen (secondary N) is 1. The van der Waals surface area contributed by atoms with Crippen LogP contribution in [0.2, 0.25) is 5.02 Å². The molecule has 2 heterocycles. The highest BCUT2D eigenvalue weighted by molar-refractivity contribution is 6.31. The van der Waals surface area contributed by atoms with E-state index in [1.54, 1.807) is 13.2 Å². The van der Waals surface area contributed by atoms with Crippen LogP contribution in [-0.2, 0) is 13.1 Å². The molecule has 1 N–H and O–H groups in total. The van der Waals surface area contributed by atoms with E-state index in [1.165, 1.54) is 0 Å². The first-order chi connectivity index (χ1) is 15.5. The third-order valence-electron chi connectivity index (χ3n) is 5.79. The molecule has 0 saturated carbocycles. The number of carbonyl (C=O) groups is 1. The molecule has 0 atom stereocenters. The van der Waals surface area contributed by atoms with E-state index in [0.29, 0.717) is 28.6 Å². The summed E-state index contributed by atoms with van der Waals surface area (Å²) >= 11 is 6.13. The van der Waals surface area contributed by atoms with Crippen molar-refractivity contribution in [1.82, 2.24) is 9.55 Å². The fourth-order valence-corrected chi connectivity index (χ4v) is 4.34. The summed E-state index contributed by atoms with van der Waals surface area (Å²) in [5.41, 5.74) is 5.34. The van der Waals surface area contributed by atoms with E-state index in [0.717, 1.165) is 41.2 Å². The number of nitrogens with zero attached hydrogens (tertiary/aromatic N) is 3. The maximum absolute atomic E-state index is 12.7. The van der Waals surface area contributed by atoms with Crippen molar-refractivity contribution in [3.8, 4) is 5.75 Å². The molecule has 1 aliphatic rings. The van der Waals surface area contributed by atoms with Gasteiger partial charge in [0.25, 0.3) is 5.91 Å². The molecule has 0 unspecified atom stereocenters. The van der Waals surface area contributed by atoms with Crippen molar-refractivity contribution in [3.05, 3.63) is 82.6 Å². The third kappa shape index (κ3) is 3.78. The number of fused-ring (bicyclic) bond motifs is 3. The molecular formula is C25H23ClN4O2. The van der Waals surface area contributed by atoms with Gasteiger partial charge in [-0.3, -0.25) is 4.79 Å². The van der Waals surface area contributed by atoms with Crippen LogP contribution >= 0.6 is 11.6 Å². The zero-order valence-electron chi connectivity index (χ0n) is 17.9. The van der Waals surface area contributed by atoms with Crippen LogP contribution in [0.15, 0.2) is 60.7 Å². The first-order valence-electron chi connectivity index (χ1n) is 10.5. The molecule has 32 heavy (non-hydrogen) atoms. The van der Waals surface area contributed by atoms with Gasteiger partial charge < -0.3 is 19.5 Å². The number of amides is 1. The molecule has 7 heteroatoms. The van der Waals surface area contributed by atoms with E-state index < -0.39 is 0 Å². The Labute approximate surface area is 191 Å². The van der Waals surface area contributed by atoms with Crippen molar-refractivity contribution in [2.24, 2.45) is 0 Å². The Morgan fingerprint density at radius 2 is 1.97 bits per heavy atom. The molecule has 3 aromatic carbocycles. The summed E-state index contributed by atoms with van der Waals surface area (Å²) in [5, 5.41) is 3.65. The molecule has 0 radical (unpaired) electrons. The lowest BCUT2D eigenvalue weighted by molar-refractivity contribution is 0.102. The second-order valence-corrected chi connectivity index (χ2v) is 8.38. The fourth-order valence-electron chi connectivity index (χ4n) is 4.17. The van der Waals surface area contributed by atoms with Gasteiger partial charge in [-0.2, -0.15) is 0 Å². The number of ether oxygens (including phenoxy) is 1. The predicted molar refractivity (Wildman–Crippen MR) is 128 cm³/mol. The van der Waals surface area contributed by atoms with Crippen LogP contribution < -0.4 is 15.0 Å². The molecule has 5 rings (SSSR count). The number of halogens is 1. The Bertz CT molecular complexity index is 1330. The lowest BCUT2D eigenvalue weighted by atomic mass is 10.1. The van der Waals surface area contributed by atoms with Crippen LogP contribution in [-0.4, -0.2) is 29.1 Å². The minimum absolute atomic E-state index is 0.162. The van der Waals surface area contributed by atoms with Crippen LogP contribution in [0.25, 0.3) is 11.0 Å². The molecule has 0 fully saturated rings. The number of hydrogen-bond donors (Lipinski definition) is 1. The fraction of sp³-hybridized carbons (Fsp3) is 0.200. The Morgan fingerprint density at radius 1 is 1.09 bits per heavy atom. The van der Waals surface area contributed by atoms with Crippen LogP contribution in [0.1, 0.15) is 21.7 Å². The number of carbonyl (C=O) groups excluding carboxylic acids is 1. The zero-order valence-corrected chi connectivity index (χ0v) is 18.7. The molecule has 162 valence electrons. The van der Waals surface area contributed by atoms with Gasteiger partial charge in [0.1, 0.15) is 11.6 Å². The molecule has 4 aromatic rings. The second-order valence-electron chi connectivity index (χ2n) is 7.94. The Kier molecular flexibility index (Phi) is 5.23. The molecule has 0 spiro atoms. The average Bonchev–Trinajstić information content (AvgIpc) is 3.15. The van der Waals surface area contributed by atoms with Gasteiger partial charge in [-0.05, 0) is 49.4 Å². The smallest absolute Gasteiger partial charge is 0.255 e. The van der Waals surface area contributed by atoms with E-state index in [1.807, 2.05) is 61.5 Å². The number of aromatic nitrogens is 2. The Hall–Kier alpha value is -3.51. The summed E-state index contributed by atoms with van der Waals surface area (Å²) in [6, 6.07) is 19.2. The topological polar surface area (TPSA) is 59.4 Å². The van der Waals surface area contributed by atoms with E-state index >= 15 is 0 Å². The van der Waals surface area contributed by atoms with Crippen molar-refractivity contribution in [1.29, 1.82) is 0 Å². The number of benzene rings is 3. The van der Waals surface area contributed by atoms with E-state index in [9.17, 15) is 4.79 Å². The maximum atomic E-state index is 12.7. The van der Waals surface area contributed by atoms with Crippen LogP contribution in [0.4, 0.5) is 11.4 Å². The lowest BCUT2D eigenvalue weighted by Gasteiger charge is -2.30. The maximum Gasteiger partial charge on any atom is 0.255 e. The number of imidazole rings is 1. The largest absolute Gasteiger partial charge is 0.494 e. The van der Waals surface area contributed by atoms with E-state index in [4.69, 9.17) is 21.3 Å². The quantitative estimate of drug-likeness (QED) is 0.463. The molecule has 6 nitrogen and oxygen atoms in total. The molecular weight excluding hydrogens is 424 g/mol. The van der Waals surface area contributed by atoms with Gasteiger partial charge in [-0.15, -0.1) is 0 Å². The van der Waals surface area contributed by atoms with Gasteiger partial charge in [0, 0.05) is 35.4 Å². The Morgan fingerprint density at radius 3 is 2.78 bits per heavy atom. The highest BCUT2D eigenvalue weighted by Crippen LogP contribution is 2.33. The van der Waals surface area contributed by atoms with Gasteiger partial charge in [0.15, 0.2) is 0 Å². The molecule has 0 saturated heterocycles. The van der Waals surface area contributed by atoms with Crippen molar-refractivity contribution >= 4 is 39.9 Å². The summed E-state index contributed by atoms with van der Waals surface area (Å²) in [5.74, 6) is 1.46. The average molecular weight is 447 g/mol. The van der Waals surface area contributed by atoms with Crippen molar-refractivity contribution < 1.29 is 9.53 Å². The van der Waals surface area contributed by atoms with Gasteiger partial charge in [-0.25, -0.2) is 4.98 Å². The van der Waals surface area contributed by atoms with Gasteiger partial charge in [0.2, 0.25) is 0 Å². The molecule has 0 bridgehead atoms. The highest BCUT2D eigenvalue weighted by atomic mass is 35.5. The zero-order chi connectivity index (χ0) is 22.2. The summed E-state index contributed by atoms with van der Waals surface area (Å²) in [7, 11) is 1.61. The third-order valence-corrected chi connectivity index (χ3v) is 6.03. The SMILES string of the molecule is COc1cc(N2CCn3c(nc4cc(Cl)ccc43)C2)ccc1NC(=O)c1cccc(C)c1.